The molecule has 16 heavy (non-hydrogen) atoms. The Hall–Kier alpha value is -0.610. The summed E-state index contributed by atoms with van der Waals surface area (Å²) in [5, 5.41) is 0. The van der Waals surface area contributed by atoms with Gasteiger partial charge in [-0.15, -0.1) is 0 Å². The third kappa shape index (κ3) is 5.47. The molecule has 0 spiro atoms. The number of rotatable bonds is 7. The predicted molar refractivity (Wildman–Crippen MR) is 64.1 cm³/mol. The summed E-state index contributed by atoms with van der Waals surface area (Å²) in [6.45, 7) is 10.3. The summed E-state index contributed by atoms with van der Waals surface area (Å²) >= 11 is 0. The molecule has 3 atom stereocenters. The van der Waals surface area contributed by atoms with Crippen LogP contribution in [0.4, 0.5) is 0 Å². The zero-order valence-electron chi connectivity index (χ0n) is 11.0. The largest absolute Gasteiger partial charge is 0.459 e. The van der Waals surface area contributed by atoms with Crippen molar-refractivity contribution in [2.45, 2.75) is 59.3 Å². The van der Waals surface area contributed by atoms with Gasteiger partial charge in [-0.3, -0.25) is 4.79 Å². The summed E-state index contributed by atoms with van der Waals surface area (Å²) < 4.78 is 10.9. The van der Waals surface area contributed by atoms with Gasteiger partial charge in [0.15, 0.2) is 0 Å². The van der Waals surface area contributed by atoms with E-state index in [2.05, 4.69) is 20.8 Å². The first-order valence-electron chi connectivity index (χ1n) is 5.97. The molecule has 0 aliphatic heterocycles. The third-order valence-corrected chi connectivity index (χ3v) is 2.31. The van der Waals surface area contributed by atoms with E-state index in [9.17, 15) is 4.79 Å². The minimum Gasteiger partial charge on any atom is -0.459 e. The number of nitrogens with two attached hydrogens (primary N) is 1. The average molecular weight is 231 g/mol. The summed E-state index contributed by atoms with van der Waals surface area (Å²) in [5.74, 6) is -0.0688. The van der Waals surface area contributed by atoms with Gasteiger partial charge in [-0.05, 0) is 26.2 Å². The van der Waals surface area contributed by atoms with Crippen molar-refractivity contribution < 1.29 is 14.3 Å². The van der Waals surface area contributed by atoms with Crippen molar-refractivity contribution in [2.24, 2.45) is 11.7 Å². The van der Waals surface area contributed by atoms with Gasteiger partial charge in [0.05, 0.1) is 6.10 Å². The average Bonchev–Trinajstić information content (AvgIpc) is 2.17. The first-order valence-corrected chi connectivity index (χ1v) is 5.97. The Labute approximate surface area is 98.5 Å². The van der Waals surface area contributed by atoms with E-state index in [1.54, 1.807) is 6.92 Å². The van der Waals surface area contributed by atoms with Crippen LogP contribution in [0.25, 0.3) is 0 Å². The molecule has 2 N–H and O–H groups in total. The molecule has 0 unspecified atom stereocenters. The summed E-state index contributed by atoms with van der Waals surface area (Å²) in [5.41, 5.74) is 5.45. The Bertz CT molecular complexity index is 204. The lowest BCUT2D eigenvalue weighted by atomic mass is 10.0. The van der Waals surface area contributed by atoms with Crippen LogP contribution in [0.2, 0.25) is 0 Å². The molecular weight excluding hydrogens is 206 g/mol. The molecule has 4 nitrogen and oxygen atoms in total. The molecule has 0 saturated heterocycles. The maximum absolute atomic E-state index is 11.4. The van der Waals surface area contributed by atoms with Crippen LogP contribution in [0, 0.1) is 5.92 Å². The normalized spacial score (nSPS) is 16.9. The molecule has 0 aromatic heterocycles. The zero-order valence-corrected chi connectivity index (χ0v) is 11.0. The Morgan fingerprint density at radius 3 is 2.19 bits per heavy atom. The Morgan fingerprint density at radius 1 is 1.25 bits per heavy atom. The van der Waals surface area contributed by atoms with Gasteiger partial charge >= 0.3 is 5.97 Å². The molecule has 0 saturated carbocycles. The smallest absolute Gasteiger partial charge is 0.322 e. The van der Waals surface area contributed by atoms with Crippen LogP contribution in [0.1, 0.15) is 41.0 Å². The van der Waals surface area contributed by atoms with Crippen LogP contribution < -0.4 is 5.73 Å². The lowest BCUT2D eigenvalue weighted by Crippen LogP contribution is -2.39. The number of hydrogen-bond donors (Lipinski definition) is 1. The monoisotopic (exact) mass is 231 g/mol. The number of carbonyl (C=O) groups is 1. The van der Waals surface area contributed by atoms with Crippen LogP contribution in [0.15, 0.2) is 0 Å². The molecule has 0 rings (SSSR count). The fourth-order valence-electron chi connectivity index (χ4n) is 1.48. The molecule has 0 radical (unpaired) electrons. The Morgan fingerprint density at radius 2 is 1.81 bits per heavy atom. The minimum absolute atomic E-state index is 0.0670. The van der Waals surface area contributed by atoms with Crippen LogP contribution in [0.3, 0.4) is 0 Å². The summed E-state index contributed by atoms with van der Waals surface area (Å²) in [6, 6.07) is -0.582. The molecule has 0 aromatic carbocycles. The van der Waals surface area contributed by atoms with Gasteiger partial charge in [-0.25, -0.2) is 0 Å². The highest BCUT2D eigenvalue weighted by Crippen LogP contribution is 2.14. The number of hydrogen-bond acceptors (Lipinski definition) is 4. The van der Waals surface area contributed by atoms with Gasteiger partial charge in [0.1, 0.15) is 12.1 Å². The number of carbonyl (C=O) groups excluding carboxylic acids is 1. The fourth-order valence-corrected chi connectivity index (χ4v) is 1.48. The minimum atomic E-state index is -0.582. The van der Waals surface area contributed by atoms with Crippen LogP contribution in [-0.2, 0) is 14.3 Å². The van der Waals surface area contributed by atoms with Gasteiger partial charge in [0.2, 0.25) is 0 Å². The van der Waals surface area contributed by atoms with Crippen molar-refractivity contribution >= 4 is 5.97 Å². The molecule has 0 bridgehead atoms. The maximum Gasteiger partial charge on any atom is 0.322 e. The third-order valence-electron chi connectivity index (χ3n) is 2.31. The second-order valence-corrected chi connectivity index (χ2v) is 4.51. The highest BCUT2D eigenvalue weighted by atomic mass is 16.6. The number of esters is 1. The van der Waals surface area contributed by atoms with Crippen molar-refractivity contribution in [2.75, 3.05) is 6.61 Å². The van der Waals surface area contributed by atoms with Crippen LogP contribution >= 0.6 is 0 Å². The Balaban J connectivity index is 4.26. The molecule has 0 aliphatic carbocycles. The Kier molecular flexibility index (Phi) is 7.34. The van der Waals surface area contributed by atoms with E-state index >= 15 is 0 Å². The van der Waals surface area contributed by atoms with E-state index in [4.69, 9.17) is 15.2 Å². The van der Waals surface area contributed by atoms with E-state index in [1.807, 2.05) is 6.92 Å². The quantitative estimate of drug-likeness (QED) is 0.678. The highest BCUT2D eigenvalue weighted by Gasteiger charge is 2.25. The van der Waals surface area contributed by atoms with Crippen molar-refractivity contribution in [3.05, 3.63) is 0 Å². The van der Waals surface area contributed by atoms with Gasteiger partial charge < -0.3 is 15.2 Å². The second kappa shape index (κ2) is 7.63. The molecule has 4 heteroatoms. The highest BCUT2D eigenvalue weighted by molar-refractivity contribution is 5.75. The van der Waals surface area contributed by atoms with Crippen molar-refractivity contribution in [1.82, 2.24) is 0 Å². The lowest BCUT2D eigenvalue weighted by Gasteiger charge is -2.27. The molecule has 0 fully saturated rings. The molecule has 0 aromatic rings. The molecule has 0 aliphatic rings. The molecule has 0 heterocycles. The maximum atomic E-state index is 11.4. The van der Waals surface area contributed by atoms with Crippen molar-refractivity contribution in [3.8, 4) is 0 Å². The second-order valence-electron chi connectivity index (χ2n) is 4.51. The first-order chi connectivity index (χ1) is 7.40. The van der Waals surface area contributed by atoms with Gasteiger partial charge in [0.25, 0.3) is 0 Å². The van der Waals surface area contributed by atoms with Crippen molar-refractivity contribution in [3.63, 3.8) is 0 Å². The van der Waals surface area contributed by atoms with E-state index in [0.29, 0.717) is 12.5 Å². The van der Waals surface area contributed by atoms with Crippen molar-refractivity contribution in [1.29, 1.82) is 0 Å². The summed E-state index contributed by atoms with van der Waals surface area (Å²) in [4.78, 5) is 11.4. The van der Waals surface area contributed by atoms with E-state index < -0.39 is 6.04 Å². The molecule has 96 valence electrons. The van der Waals surface area contributed by atoms with Crippen LogP contribution in [-0.4, -0.2) is 30.8 Å². The predicted octanol–water partition coefficient (Wildman–Crippen LogP) is 1.72. The van der Waals surface area contributed by atoms with Gasteiger partial charge in [-0.1, -0.05) is 20.8 Å². The standard InChI is InChI=1S/C12H25NO3/c1-6-7-15-11(8(2)3)10(5)16-12(14)9(4)13/h8-11H,6-7,13H2,1-5H3/t9-,10-,11-/m0/s1. The summed E-state index contributed by atoms with van der Waals surface area (Å²) in [6.07, 6.45) is 0.629. The fraction of sp³-hybridized carbons (Fsp3) is 0.917. The topological polar surface area (TPSA) is 61.5 Å². The lowest BCUT2D eigenvalue weighted by molar-refractivity contribution is -0.159. The van der Waals surface area contributed by atoms with Crippen LogP contribution in [0.5, 0.6) is 0 Å². The first kappa shape index (κ1) is 15.4. The molecule has 0 amide bonds. The SMILES string of the molecule is CCCO[C@@H](C(C)C)[C@H](C)OC(=O)[C@H](C)N. The van der Waals surface area contributed by atoms with Gasteiger partial charge in [0, 0.05) is 6.61 Å². The summed E-state index contributed by atoms with van der Waals surface area (Å²) in [7, 11) is 0. The molecular formula is C12H25NO3. The van der Waals surface area contributed by atoms with E-state index in [0.717, 1.165) is 6.42 Å². The van der Waals surface area contributed by atoms with E-state index in [1.165, 1.54) is 0 Å². The van der Waals surface area contributed by atoms with E-state index in [-0.39, 0.29) is 18.2 Å². The van der Waals surface area contributed by atoms with Gasteiger partial charge in [-0.2, -0.15) is 0 Å². The number of ether oxygens (including phenoxy) is 2. The zero-order chi connectivity index (χ0) is 12.7.